The summed E-state index contributed by atoms with van der Waals surface area (Å²) in [6.45, 7) is 4.50. The number of H-pyrrole nitrogens is 1. The fourth-order valence-corrected chi connectivity index (χ4v) is 5.72. The second-order valence-corrected chi connectivity index (χ2v) is 9.52. The Balaban J connectivity index is 1.37. The van der Waals surface area contributed by atoms with E-state index in [4.69, 9.17) is 9.72 Å². The minimum Gasteiger partial charge on any atom is -0.497 e. The number of nitrogens with zero attached hydrogens (tertiary/aromatic N) is 4. The topological polar surface area (TPSA) is 59.0 Å². The third kappa shape index (κ3) is 3.81. The van der Waals surface area contributed by atoms with Crippen LogP contribution in [0.4, 0.5) is 0 Å². The number of nitrogens with one attached hydrogen (secondary N) is 1. The Kier molecular flexibility index (Phi) is 5.36. The van der Waals surface area contributed by atoms with Crippen LogP contribution in [0.5, 0.6) is 5.75 Å². The molecule has 0 atom stereocenters. The van der Waals surface area contributed by atoms with Gasteiger partial charge in [-0.1, -0.05) is 6.42 Å². The number of methoxy groups -OCH3 is 1. The van der Waals surface area contributed by atoms with E-state index in [0.717, 1.165) is 51.7 Å². The van der Waals surface area contributed by atoms with Gasteiger partial charge in [-0.05, 0) is 56.3 Å². The quantitative estimate of drug-likeness (QED) is 0.350. The van der Waals surface area contributed by atoms with E-state index in [1.807, 2.05) is 12.3 Å². The molecule has 5 heterocycles. The Hall–Kier alpha value is -3.16. The SMILES string of the molecule is COc1ccc2c(c1)c(-c1nc(-c3c[nH]c4ncccc34)cs1)cn2CCN1CCCCC1. The number of aromatic nitrogens is 4. The summed E-state index contributed by atoms with van der Waals surface area (Å²) in [5, 5.41) is 5.45. The Labute approximate surface area is 196 Å². The minimum atomic E-state index is 0.872. The third-order valence-corrected chi connectivity index (χ3v) is 7.53. The van der Waals surface area contributed by atoms with E-state index in [9.17, 15) is 0 Å². The molecule has 1 fully saturated rings. The van der Waals surface area contributed by atoms with Crippen LogP contribution in [-0.4, -0.2) is 51.2 Å². The number of benzene rings is 1. The molecule has 0 bridgehead atoms. The Morgan fingerprint density at radius 1 is 1.06 bits per heavy atom. The Bertz CT molecular complexity index is 1410. The zero-order valence-electron chi connectivity index (χ0n) is 18.8. The molecule has 0 aliphatic carbocycles. The van der Waals surface area contributed by atoms with Crippen molar-refractivity contribution in [1.29, 1.82) is 0 Å². The molecular weight excluding hydrogens is 430 g/mol. The van der Waals surface area contributed by atoms with Gasteiger partial charge in [0.1, 0.15) is 16.4 Å². The van der Waals surface area contributed by atoms with Crippen LogP contribution in [0.15, 0.2) is 54.3 Å². The minimum absolute atomic E-state index is 0.872. The standard InChI is InChI=1S/C26H27N5OS/c1-32-18-7-8-24-20(14-18)22(16-31(24)13-12-30-10-3-2-4-11-30)26-29-23(17-33-26)21-15-28-25-19(21)6-5-9-27-25/h5-9,14-17H,2-4,10-13H2,1H3,(H,27,28). The van der Waals surface area contributed by atoms with Gasteiger partial charge in [0.2, 0.25) is 0 Å². The van der Waals surface area contributed by atoms with Crippen molar-refractivity contribution in [2.45, 2.75) is 25.8 Å². The average Bonchev–Trinajstić information content (AvgIpc) is 3.59. The predicted molar refractivity (Wildman–Crippen MR) is 135 cm³/mol. The summed E-state index contributed by atoms with van der Waals surface area (Å²) in [6.07, 6.45) is 10.1. The van der Waals surface area contributed by atoms with E-state index in [0.29, 0.717) is 0 Å². The van der Waals surface area contributed by atoms with Crippen molar-refractivity contribution in [1.82, 2.24) is 24.4 Å². The average molecular weight is 458 g/mol. The van der Waals surface area contributed by atoms with Gasteiger partial charge in [-0.3, -0.25) is 0 Å². The molecule has 0 spiro atoms. The number of thiazole rings is 1. The molecule has 0 unspecified atom stereocenters. The second kappa shape index (κ2) is 8.65. The fourth-order valence-electron chi connectivity index (χ4n) is 4.88. The lowest BCUT2D eigenvalue weighted by atomic mass is 10.1. The van der Waals surface area contributed by atoms with E-state index in [1.165, 1.54) is 43.3 Å². The van der Waals surface area contributed by atoms with Crippen molar-refractivity contribution in [3.05, 3.63) is 54.3 Å². The maximum atomic E-state index is 5.54. The molecule has 1 saturated heterocycles. The smallest absolute Gasteiger partial charge is 0.137 e. The lowest BCUT2D eigenvalue weighted by Gasteiger charge is -2.26. The second-order valence-electron chi connectivity index (χ2n) is 8.66. The lowest BCUT2D eigenvalue weighted by molar-refractivity contribution is 0.222. The third-order valence-electron chi connectivity index (χ3n) is 6.66. The van der Waals surface area contributed by atoms with Crippen molar-refractivity contribution in [2.24, 2.45) is 0 Å². The van der Waals surface area contributed by atoms with Gasteiger partial charge >= 0.3 is 0 Å². The highest BCUT2D eigenvalue weighted by atomic mass is 32.1. The number of fused-ring (bicyclic) bond motifs is 2. The van der Waals surface area contributed by atoms with Gasteiger partial charge in [-0.25, -0.2) is 9.97 Å². The molecule has 168 valence electrons. The fraction of sp³-hybridized carbons (Fsp3) is 0.308. The van der Waals surface area contributed by atoms with Crippen molar-refractivity contribution < 1.29 is 4.74 Å². The van der Waals surface area contributed by atoms with Gasteiger partial charge in [0.15, 0.2) is 0 Å². The zero-order valence-corrected chi connectivity index (χ0v) is 19.6. The van der Waals surface area contributed by atoms with Crippen LogP contribution in [0.1, 0.15) is 19.3 Å². The number of aromatic amines is 1. The van der Waals surface area contributed by atoms with Crippen LogP contribution in [0.25, 0.3) is 43.8 Å². The highest BCUT2D eigenvalue weighted by molar-refractivity contribution is 7.13. The zero-order chi connectivity index (χ0) is 22.2. The molecule has 1 aromatic carbocycles. The molecule has 5 aromatic rings. The maximum absolute atomic E-state index is 5.54. The van der Waals surface area contributed by atoms with Crippen LogP contribution < -0.4 is 4.74 Å². The van der Waals surface area contributed by atoms with Crippen molar-refractivity contribution >= 4 is 33.3 Å². The predicted octanol–water partition coefficient (Wildman–Crippen LogP) is 5.80. The molecule has 6 nitrogen and oxygen atoms in total. The molecule has 33 heavy (non-hydrogen) atoms. The summed E-state index contributed by atoms with van der Waals surface area (Å²) in [5.74, 6) is 0.872. The molecule has 7 heteroatoms. The van der Waals surface area contributed by atoms with Crippen LogP contribution >= 0.6 is 11.3 Å². The summed E-state index contributed by atoms with van der Waals surface area (Å²) in [4.78, 5) is 15.3. The first-order valence-electron chi connectivity index (χ1n) is 11.6. The molecule has 0 saturated carbocycles. The number of piperidine rings is 1. The van der Waals surface area contributed by atoms with Gasteiger partial charge in [0.25, 0.3) is 0 Å². The molecule has 1 aliphatic heterocycles. The first-order valence-corrected chi connectivity index (χ1v) is 12.5. The molecule has 4 aromatic heterocycles. The van der Waals surface area contributed by atoms with Crippen molar-refractivity contribution in [3.8, 4) is 27.6 Å². The number of ether oxygens (including phenoxy) is 1. The number of hydrogen-bond donors (Lipinski definition) is 1. The van der Waals surface area contributed by atoms with Crippen LogP contribution in [0.2, 0.25) is 0 Å². The van der Waals surface area contributed by atoms with Crippen molar-refractivity contribution in [3.63, 3.8) is 0 Å². The highest BCUT2D eigenvalue weighted by Gasteiger charge is 2.17. The first kappa shape index (κ1) is 20.4. The van der Waals surface area contributed by atoms with Gasteiger partial charge in [0, 0.05) is 64.5 Å². The largest absolute Gasteiger partial charge is 0.497 e. The molecule has 1 N–H and O–H groups in total. The monoisotopic (exact) mass is 457 g/mol. The summed E-state index contributed by atoms with van der Waals surface area (Å²) >= 11 is 1.69. The van der Waals surface area contributed by atoms with E-state index in [1.54, 1.807) is 24.6 Å². The molecular formula is C26H27N5OS. The number of likely N-dealkylation sites (tertiary alicyclic amines) is 1. The number of hydrogen-bond acceptors (Lipinski definition) is 5. The molecule has 0 amide bonds. The van der Waals surface area contributed by atoms with Gasteiger partial charge in [0.05, 0.1) is 12.8 Å². The molecule has 1 aliphatic rings. The number of pyridine rings is 1. The molecule has 0 radical (unpaired) electrons. The summed E-state index contributed by atoms with van der Waals surface area (Å²) < 4.78 is 7.93. The van der Waals surface area contributed by atoms with Crippen LogP contribution in [0.3, 0.4) is 0 Å². The maximum Gasteiger partial charge on any atom is 0.137 e. The van der Waals surface area contributed by atoms with Crippen molar-refractivity contribution in [2.75, 3.05) is 26.7 Å². The highest BCUT2D eigenvalue weighted by Crippen LogP contribution is 2.37. The summed E-state index contributed by atoms with van der Waals surface area (Å²) in [5.41, 5.74) is 5.35. The Morgan fingerprint density at radius 2 is 1.97 bits per heavy atom. The van der Waals surface area contributed by atoms with E-state index in [2.05, 4.69) is 55.3 Å². The van der Waals surface area contributed by atoms with Crippen LogP contribution in [-0.2, 0) is 6.54 Å². The van der Waals surface area contributed by atoms with Crippen LogP contribution in [0, 0.1) is 0 Å². The van der Waals surface area contributed by atoms with Gasteiger partial charge in [-0.2, -0.15) is 0 Å². The first-order chi connectivity index (χ1) is 16.3. The van der Waals surface area contributed by atoms with Gasteiger partial charge in [-0.15, -0.1) is 11.3 Å². The van der Waals surface area contributed by atoms with E-state index >= 15 is 0 Å². The van der Waals surface area contributed by atoms with E-state index in [-0.39, 0.29) is 0 Å². The lowest BCUT2D eigenvalue weighted by Crippen LogP contribution is -2.32. The van der Waals surface area contributed by atoms with E-state index < -0.39 is 0 Å². The number of rotatable bonds is 6. The summed E-state index contributed by atoms with van der Waals surface area (Å²) in [6, 6.07) is 10.4. The van der Waals surface area contributed by atoms with Gasteiger partial charge < -0.3 is 19.2 Å². The Morgan fingerprint density at radius 3 is 2.85 bits per heavy atom. The normalized spacial score (nSPS) is 14.9. The summed E-state index contributed by atoms with van der Waals surface area (Å²) in [7, 11) is 1.72. The molecule has 6 rings (SSSR count).